The third kappa shape index (κ3) is 3.37. The number of hydrogen-bond donors (Lipinski definition) is 2. The molecule has 19 heavy (non-hydrogen) atoms. The minimum atomic E-state index is 0. The van der Waals surface area contributed by atoms with Crippen LogP contribution in [0.15, 0.2) is 24.3 Å². The molecule has 3 N–H and O–H groups in total. The topological polar surface area (TPSA) is 73.1 Å². The lowest BCUT2D eigenvalue weighted by molar-refractivity contribution is 0.205. The van der Waals surface area contributed by atoms with E-state index in [0.717, 1.165) is 30.4 Å². The fourth-order valence-corrected chi connectivity index (χ4v) is 2.01. The Labute approximate surface area is 123 Å². The van der Waals surface area contributed by atoms with Gasteiger partial charge in [0.1, 0.15) is 11.9 Å². The highest BCUT2D eigenvalue weighted by molar-refractivity contribution is 5.88. The largest absolute Gasteiger partial charge is 0.459 e. The van der Waals surface area contributed by atoms with Crippen LogP contribution in [0.2, 0.25) is 0 Å². The van der Waals surface area contributed by atoms with Crippen LogP contribution < -0.4 is 15.8 Å². The number of halogens is 2. The zero-order valence-corrected chi connectivity index (χ0v) is 11.8. The lowest BCUT2D eigenvalue weighted by Gasteiger charge is -2.11. The molecule has 1 fully saturated rings. The molecule has 1 aromatic carbocycles. The number of nitrogen functional groups attached to an aromatic ring is 1. The molecule has 2 heterocycles. The first-order valence-corrected chi connectivity index (χ1v) is 5.72. The Kier molecular flexibility index (Phi) is 5.60. The van der Waals surface area contributed by atoms with Gasteiger partial charge in [-0.15, -0.1) is 24.8 Å². The molecule has 7 heteroatoms. The van der Waals surface area contributed by atoms with Gasteiger partial charge in [-0.2, -0.15) is 9.97 Å². The number of aromatic nitrogens is 2. The lowest BCUT2D eigenvalue weighted by atomic mass is 10.2. The van der Waals surface area contributed by atoms with Crippen molar-refractivity contribution in [1.82, 2.24) is 15.3 Å². The fraction of sp³-hybridized carbons (Fsp3) is 0.333. The van der Waals surface area contributed by atoms with Gasteiger partial charge in [0.2, 0.25) is 0 Å². The van der Waals surface area contributed by atoms with E-state index in [-0.39, 0.29) is 30.9 Å². The predicted octanol–water partition coefficient (Wildman–Crippen LogP) is 1.80. The standard InChI is InChI=1S/C12H14N4O.2ClH/c13-11-9-3-1-2-4-10(9)15-12(16-11)17-8-5-6-14-7-8;;/h1-4,8,14H,5-7H2,(H2,13,15,16);2*1H/t8-;;/m1../s1. The van der Waals surface area contributed by atoms with Gasteiger partial charge in [0.05, 0.1) is 5.52 Å². The number of nitrogens with zero attached hydrogens (tertiary/aromatic N) is 2. The first kappa shape index (κ1) is 15.8. The minimum absolute atomic E-state index is 0. The molecular formula is C12H16Cl2N4O. The normalized spacial score (nSPS) is 17.6. The number of fused-ring (bicyclic) bond motifs is 1. The highest BCUT2D eigenvalue weighted by Gasteiger charge is 2.17. The van der Waals surface area contributed by atoms with Crippen LogP contribution in [-0.2, 0) is 0 Å². The van der Waals surface area contributed by atoms with Crippen molar-refractivity contribution in [3.63, 3.8) is 0 Å². The zero-order valence-electron chi connectivity index (χ0n) is 10.2. The number of hydrogen-bond acceptors (Lipinski definition) is 5. The Morgan fingerprint density at radius 1 is 1.21 bits per heavy atom. The van der Waals surface area contributed by atoms with Gasteiger partial charge in [0.15, 0.2) is 0 Å². The van der Waals surface area contributed by atoms with Crippen LogP contribution in [0.4, 0.5) is 5.82 Å². The second-order valence-corrected chi connectivity index (χ2v) is 4.14. The molecule has 1 atom stereocenters. The van der Waals surface area contributed by atoms with Crippen LogP contribution in [0.25, 0.3) is 10.9 Å². The molecule has 0 bridgehead atoms. The quantitative estimate of drug-likeness (QED) is 0.885. The van der Waals surface area contributed by atoms with Crippen molar-refractivity contribution in [2.75, 3.05) is 18.8 Å². The fourth-order valence-electron chi connectivity index (χ4n) is 2.01. The molecule has 104 valence electrons. The molecule has 1 saturated heterocycles. The van der Waals surface area contributed by atoms with E-state index in [9.17, 15) is 0 Å². The van der Waals surface area contributed by atoms with Crippen LogP contribution in [0.1, 0.15) is 6.42 Å². The minimum Gasteiger partial charge on any atom is -0.459 e. The van der Waals surface area contributed by atoms with Crippen molar-refractivity contribution >= 4 is 41.5 Å². The first-order chi connectivity index (χ1) is 8.33. The van der Waals surface area contributed by atoms with Gasteiger partial charge in [-0.1, -0.05) is 12.1 Å². The van der Waals surface area contributed by atoms with E-state index in [2.05, 4.69) is 15.3 Å². The van der Waals surface area contributed by atoms with Gasteiger partial charge in [0.25, 0.3) is 0 Å². The second kappa shape index (κ2) is 6.75. The Morgan fingerprint density at radius 3 is 2.74 bits per heavy atom. The average Bonchev–Trinajstić information content (AvgIpc) is 2.82. The molecule has 0 amide bonds. The smallest absolute Gasteiger partial charge is 0.319 e. The third-order valence-electron chi connectivity index (χ3n) is 2.90. The van der Waals surface area contributed by atoms with Gasteiger partial charge >= 0.3 is 6.01 Å². The highest BCUT2D eigenvalue weighted by Crippen LogP contribution is 2.21. The van der Waals surface area contributed by atoms with Gasteiger partial charge in [-0.05, 0) is 25.1 Å². The molecular weight excluding hydrogens is 287 g/mol. The van der Waals surface area contributed by atoms with E-state index < -0.39 is 0 Å². The van der Waals surface area contributed by atoms with Crippen molar-refractivity contribution < 1.29 is 4.74 Å². The maximum atomic E-state index is 5.88. The molecule has 1 aliphatic heterocycles. The van der Waals surface area contributed by atoms with Gasteiger partial charge in [-0.25, -0.2) is 0 Å². The van der Waals surface area contributed by atoms with Crippen molar-refractivity contribution in [1.29, 1.82) is 0 Å². The van der Waals surface area contributed by atoms with Crippen molar-refractivity contribution in [3.05, 3.63) is 24.3 Å². The highest BCUT2D eigenvalue weighted by atomic mass is 35.5. The van der Waals surface area contributed by atoms with Crippen LogP contribution in [-0.4, -0.2) is 29.2 Å². The summed E-state index contributed by atoms with van der Waals surface area (Å²) in [6.45, 7) is 1.82. The monoisotopic (exact) mass is 302 g/mol. The Hall–Kier alpha value is -1.30. The molecule has 5 nitrogen and oxygen atoms in total. The van der Waals surface area contributed by atoms with Gasteiger partial charge < -0.3 is 15.8 Å². The SMILES string of the molecule is Cl.Cl.Nc1nc(O[C@@H]2CCNC2)nc2ccccc12. The number of ether oxygens (including phenoxy) is 1. The predicted molar refractivity (Wildman–Crippen MR) is 80.3 cm³/mol. The summed E-state index contributed by atoms with van der Waals surface area (Å²) in [6, 6.07) is 8.03. The van der Waals surface area contributed by atoms with Crippen LogP contribution >= 0.6 is 24.8 Å². The molecule has 3 rings (SSSR count). The van der Waals surface area contributed by atoms with E-state index in [1.165, 1.54) is 0 Å². The molecule has 0 aliphatic carbocycles. The molecule has 1 aromatic heterocycles. The summed E-state index contributed by atoms with van der Waals surface area (Å²) in [5, 5.41) is 4.10. The Bertz CT molecular complexity index is 546. The summed E-state index contributed by atoms with van der Waals surface area (Å²) in [5.74, 6) is 0.469. The van der Waals surface area contributed by atoms with Crippen LogP contribution in [0.5, 0.6) is 6.01 Å². The maximum absolute atomic E-state index is 5.88. The van der Waals surface area contributed by atoms with Gasteiger partial charge in [-0.3, -0.25) is 0 Å². The summed E-state index contributed by atoms with van der Waals surface area (Å²) in [4.78, 5) is 8.54. The zero-order chi connectivity index (χ0) is 11.7. The van der Waals surface area contributed by atoms with E-state index in [1.54, 1.807) is 0 Å². The summed E-state index contributed by atoms with van der Waals surface area (Å²) in [6.07, 6.45) is 1.13. The third-order valence-corrected chi connectivity index (χ3v) is 2.90. The van der Waals surface area contributed by atoms with Crippen molar-refractivity contribution in [3.8, 4) is 6.01 Å². The summed E-state index contributed by atoms with van der Waals surface area (Å²) < 4.78 is 5.70. The number of para-hydroxylation sites is 1. The van der Waals surface area contributed by atoms with Gasteiger partial charge in [0, 0.05) is 11.9 Å². The lowest BCUT2D eigenvalue weighted by Crippen LogP contribution is -2.20. The average molecular weight is 303 g/mol. The molecule has 2 aromatic rings. The molecule has 0 radical (unpaired) electrons. The molecule has 0 spiro atoms. The molecule has 1 aliphatic rings. The summed E-state index contributed by atoms with van der Waals surface area (Å²) in [5.41, 5.74) is 6.70. The Morgan fingerprint density at radius 2 is 2.00 bits per heavy atom. The number of rotatable bonds is 2. The van der Waals surface area contributed by atoms with Crippen molar-refractivity contribution in [2.24, 2.45) is 0 Å². The van der Waals surface area contributed by atoms with E-state index in [1.807, 2.05) is 24.3 Å². The first-order valence-electron chi connectivity index (χ1n) is 5.72. The summed E-state index contributed by atoms with van der Waals surface area (Å²) >= 11 is 0. The maximum Gasteiger partial charge on any atom is 0.319 e. The van der Waals surface area contributed by atoms with Crippen LogP contribution in [0.3, 0.4) is 0 Å². The second-order valence-electron chi connectivity index (χ2n) is 4.14. The number of nitrogens with one attached hydrogen (secondary N) is 1. The number of nitrogens with two attached hydrogens (primary N) is 1. The van der Waals surface area contributed by atoms with Crippen LogP contribution in [0, 0.1) is 0 Å². The van der Waals surface area contributed by atoms with E-state index in [0.29, 0.717) is 11.8 Å². The number of anilines is 1. The number of benzene rings is 1. The molecule has 0 saturated carbocycles. The van der Waals surface area contributed by atoms with Crippen molar-refractivity contribution in [2.45, 2.75) is 12.5 Å². The van der Waals surface area contributed by atoms with E-state index >= 15 is 0 Å². The summed E-state index contributed by atoms with van der Waals surface area (Å²) in [7, 11) is 0. The Balaban J connectivity index is 0.000000902. The van der Waals surface area contributed by atoms with E-state index in [4.69, 9.17) is 10.5 Å². The molecule has 0 unspecified atom stereocenters.